The van der Waals surface area contributed by atoms with Crippen molar-refractivity contribution >= 4 is 17.5 Å². The number of carbonyl (C=O) groups excluding carboxylic acids is 1. The summed E-state index contributed by atoms with van der Waals surface area (Å²) in [7, 11) is 0. The Bertz CT molecular complexity index is 612. The zero-order valence-corrected chi connectivity index (χ0v) is 13.1. The Labute approximate surface area is 134 Å². The number of halogens is 1. The van der Waals surface area contributed by atoms with Crippen LogP contribution in [0.2, 0.25) is 5.02 Å². The molecule has 118 valence electrons. The van der Waals surface area contributed by atoms with E-state index >= 15 is 0 Å². The summed E-state index contributed by atoms with van der Waals surface area (Å²) in [5.41, 5.74) is 6.55. The van der Waals surface area contributed by atoms with Crippen LogP contribution in [-0.2, 0) is 11.2 Å². The molecule has 0 aliphatic heterocycles. The fourth-order valence-corrected chi connectivity index (χ4v) is 2.06. The summed E-state index contributed by atoms with van der Waals surface area (Å²) < 4.78 is 5.16. The van der Waals surface area contributed by atoms with Gasteiger partial charge in [0.2, 0.25) is 17.6 Å². The van der Waals surface area contributed by atoms with Gasteiger partial charge in [-0.3, -0.25) is 4.79 Å². The molecule has 0 radical (unpaired) electrons. The molecule has 1 unspecified atom stereocenters. The maximum atomic E-state index is 11.7. The molecule has 7 heteroatoms. The van der Waals surface area contributed by atoms with E-state index in [1.165, 1.54) is 0 Å². The number of nitrogens with two attached hydrogens (primary N) is 1. The third kappa shape index (κ3) is 4.54. The number of hydrogen-bond donors (Lipinski definition) is 2. The minimum atomic E-state index is -0.461. The van der Waals surface area contributed by atoms with Crippen molar-refractivity contribution in [1.82, 2.24) is 15.5 Å². The first-order valence-corrected chi connectivity index (χ1v) is 7.59. The Morgan fingerprint density at radius 1 is 1.41 bits per heavy atom. The summed E-state index contributed by atoms with van der Waals surface area (Å²) in [6.07, 6.45) is 2.01. The highest BCUT2D eigenvalue weighted by Crippen LogP contribution is 2.18. The molecule has 0 aliphatic carbocycles. The third-order valence-electron chi connectivity index (χ3n) is 3.15. The molecule has 0 bridgehead atoms. The largest absolute Gasteiger partial charge is 0.354 e. The van der Waals surface area contributed by atoms with Crippen molar-refractivity contribution < 1.29 is 9.32 Å². The zero-order chi connectivity index (χ0) is 15.9. The zero-order valence-electron chi connectivity index (χ0n) is 12.4. The predicted octanol–water partition coefficient (Wildman–Crippen LogP) is 2.18. The van der Waals surface area contributed by atoms with Gasteiger partial charge in [0.25, 0.3) is 0 Å². The van der Waals surface area contributed by atoms with E-state index in [-0.39, 0.29) is 5.91 Å². The van der Waals surface area contributed by atoms with E-state index in [0.29, 0.717) is 36.1 Å². The molecule has 1 amide bonds. The van der Waals surface area contributed by atoms with Crippen LogP contribution in [0.3, 0.4) is 0 Å². The van der Waals surface area contributed by atoms with Crippen LogP contribution in [0.15, 0.2) is 28.8 Å². The third-order valence-corrected chi connectivity index (χ3v) is 3.40. The van der Waals surface area contributed by atoms with E-state index in [4.69, 9.17) is 21.9 Å². The molecule has 1 atom stereocenters. The van der Waals surface area contributed by atoms with Gasteiger partial charge in [-0.1, -0.05) is 30.1 Å². The lowest BCUT2D eigenvalue weighted by molar-refractivity contribution is -0.122. The highest BCUT2D eigenvalue weighted by molar-refractivity contribution is 6.30. The summed E-state index contributed by atoms with van der Waals surface area (Å²) in [4.78, 5) is 16.0. The fraction of sp³-hybridized carbons (Fsp3) is 0.400. The second kappa shape index (κ2) is 7.91. The van der Waals surface area contributed by atoms with Gasteiger partial charge in [-0.05, 0) is 30.7 Å². The van der Waals surface area contributed by atoms with E-state index in [1.54, 1.807) is 12.1 Å². The first-order valence-electron chi connectivity index (χ1n) is 7.22. The second-order valence-electron chi connectivity index (χ2n) is 4.95. The molecule has 0 fully saturated rings. The van der Waals surface area contributed by atoms with Gasteiger partial charge in [0, 0.05) is 23.6 Å². The predicted molar refractivity (Wildman–Crippen MR) is 84.3 cm³/mol. The van der Waals surface area contributed by atoms with Crippen LogP contribution in [0.5, 0.6) is 0 Å². The van der Waals surface area contributed by atoms with Crippen molar-refractivity contribution in [3.8, 4) is 11.4 Å². The first kappa shape index (κ1) is 16.5. The van der Waals surface area contributed by atoms with Crippen molar-refractivity contribution in [3.05, 3.63) is 35.2 Å². The van der Waals surface area contributed by atoms with E-state index < -0.39 is 6.04 Å². The Hall–Kier alpha value is -1.92. The lowest BCUT2D eigenvalue weighted by atomic mass is 10.2. The van der Waals surface area contributed by atoms with Gasteiger partial charge < -0.3 is 15.6 Å². The fourth-order valence-electron chi connectivity index (χ4n) is 1.94. The van der Waals surface area contributed by atoms with Crippen molar-refractivity contribution in [2.45, 2.75) is 32.2 Å². The molecule has 0 saturated carbocycles. The van der Waals surface area contributed by atoms with Crippen LogP contribution in [-0.4, -0.2) is 28.6 Å². The highest BCUT2D eigenvalue weighted by Gasteiger charge is 2.13. The molecule has 22 heavy (non-hydrogen) atoms. The maximum absolute atomic E-state index is 11.7. The number of benzene rings is 1. The smallest absolute Gasteiger partial charge is 0.236 e. The molecule has 2 rings (SSSR count). The first-order chi connectivity index (χ1) is 10.6. The average molecular weight is 323 g/mol. The average Bonchev–Trinajstić information content (AvgIpc) is 2.97. The van der Waals surface area contributed by atoms with E-state index in [0.717, 1.165) is 12.0 Å². The van der Waals surface area contributed by atoms with E-state index in [2.05, 4.69) is 15.5 Å². The molecule has 0 saturated heterocycles. The molecule has 0 aliphatic rings. The van der Waals surface area contributed by atoms with Crippen LogP contribution < -0.4 is 11.1 Å². The summed E-state index contributed by atoms with van der Waals surface area (Å²) >= 11 is 5.84. The summed E-state index contributed by atoms with van der Waals surface area (Å²) in [5, 5.41) is 7.33. The Balaban J connectivity index is 1.85. The quantitative estimate of drug-likeness (QED) is 0.814. The molecule has 3 N–H and O–H groups in total. The molecule has 6 nitrogen and oxygen atoms in total. The number of carbonyl (C=O) groups is 1. The van der Waals surface area contributed by atoms with Crippen LogP contribution in [0.4, 0.5) is 0 Å². The minimum Gasteiger partial charge on any atom is -0.354 e. The molecule has 0 spiro atoms. The van der Waals surface area contributed by atoms with Crippen LogP contribution >= 0.6 is 11.6 Å². The van der Waals surface area contributed by atoms with Crippen molar-refractivity contribution in [2.75, 3.05) is 6.54 Å². The van der Waals surface area contributed by atoms with E-state index in [9.17, 15) is 4.79 Å². The molecular formula is C15H19ClN4O2. The second-order valence-corrected chi connectivity index (χ2v) is 5.39. The van der Waals surface area contributed by atoms with Crippen LogP contribution in [0.1, 0.15) is 25.7 Å². The number of rotatable bonds is 7. The normalized spacial score (nSPS) is 12.1. The lowest BCUT2D eigenvalue weighted by Crippen LogP contribution is -2.41. The summed E-state index contributed by atoms with van der Waals surface area (Å²) in [6, 6.07) is 6.72. The Morgan fingerprint density at radius 3 is 2.82 bits per heavy atom. The monoisotopic (exact) mass is 322 g/mol. The number of aromatic nitrogens is 2. The van der Waals surface area contributed by atoms with Crippen LogP contribution in [0.25, 0.3) is 11.4 Å². The maximum Gasteiger partial charge on any atom is 0.236 e. The Morgan fingerprint density at radius 2 is 2.14 bits per heavy atom. The van der Waals surface area contributed by atoms with Gasteiger partial charge in [-0.25, -0.2) is 0 Å². The molecule has 1 heterocycles. The van der Waals surface area contributed by atoms with Gasteiger partial charge in [-0.2, -0.15) is 4.98 Å². The highest BCUT2D eigenvalue weighted by atomic mass is 35.5. The standard InChI is InChI=1S/C15H19ClN4O2/c1-2-3-12(17)15(21)18-9-8-13-19-14(20-22-13)10-4-6-11(16)7-5-10/h4-7,12H,2-3,8-9,17H2,1H3,(H,18,21). The minimum absolute atomic E-state index is 0.153. The van der Waals surface area contributed by atoms with Gasteiger partial charge in [0.1, 0.15) is 0 Å². The number of nitrogens with one attached hydrogen (secondary N) is 1. The van der Waals surface area contributed by atoms with Gasteiger partial charge in [0.05, 0.1) is 6.04 Å². The molecular weight excluding hydrogens is 304 g/mol. The Kier molecular flexibility index (Phi) is 5.91. The molecule has 2 aromatic rings. The molecule has 1 aromatic carbocycles. The topological polar surface area (TPSA) is 94.0 Å². The summed E-state index contributed by atoms with van der Waals surface area (Å²) in [6.45, 7) is 2.41. The summed E-state index contributed by atoms with van der Waals surface area (Å²) in [5.74, 6) is 0.814. The number of nitrogens with zero attached hydrogens (tertiary/aromatic N) is 2. The SMILES string of the molecule is CCCC(N)C(=O)NCCc1nc(-c2ccc(Cl)cc2)no1. The van der Waals surface area contributed by atoms with Crippen molar-refractivity contribution in [1.29, 1.82) is 0 Å². The van der Waals surface area contributed by atoms with Gasteiger partial charge >= 0.3 is 0 Å². The van der Waals surface area contributed by atoms with Gasteiger partial charge in [0.15, 0.2) is 0 Å². The molecule has 1 aromatic heterocycles. The van der Waals surface area contributed by atoms with Crippen molar-refractivity contribution in [3.63, 3.8) is 0 Å². The number of amides is 1. The van der Waals surface area contributed by atoms with Crippen LogP contribution in [0, 0.1) is 0 Å². The van der Waals surface area contributed by atoms with Gasteiger partial charge in [-0.15, -0.1) is 0 Å². The van der Waals surface area contributed by atoms with Crippen molar-refractivity contribution in [2.24, 2.45) is 5.73 Å². The lowest BCUT2D eigenvalue weighted by Gasteiger charge is -2.09. The number of hydrogen-bond acceptors (Lipinski definition) is 5. The van der Waals surface area contributed by atoms with E-state index in [1.807, 2.05) is 19.1 Å².